The molecule has 0 aliphatic carbocycles. The van der Waals surface area contributed by atoms with E-state index in [2.05, 4.69) is 0 Å². The standard InChI is InChI=1S/C15H19NO3S/c1-11-10-13(15(19)16(2)8-9-20-3)5-4-12(11)6-7-14(17)18/h4-7,10H,8-9H2,1-3H3,(H,17,18)/b7-6+. The Labute approximate surface area is 123 Å². The zero-order valence-corrected chi connectivity index (χ0v) is 12.7. The van der Waals surface area contributed by atoms with E-state index in [0.717, 1.165) is 23.0 Å². The van der Waals surface area contributed by atoms with Gasteiger partial charge in [-0.05, 0) is 42.5 Å². The molecule has 1 N–H and O–H groups in total. The number of aliphatic carboxylic acids is 1. The molecule has 0 fully saturated rings. The maximum Gasteiger partial charge on any atom is 0.328 e. The summed E-state index contributed by atoms with van der Waals surface area (Å²) in [4.78, 5) is 24.4. The number of carbonyl (C=O) groups is 2. The van der Waals surface area contributed by atoms with E-state index in [1.807, 2.05) is 13.2 Å². The first-order chi connectivity index (χ1) is 9.45. The number of carbonyl (C=O) groups excluding carboxylic acids is 1. The van der Waals surface area contributed by atoms with E-state index < -0.39 is 5.97 Å². The summed E-state index contributed by atoms with van der Waals surface area (Å²) in [6.07, 6.45) is 4.63. The lowest BCUT2D eigenvalue weighted by molar-refractivity contribution is -0.131. The van der Waals surface area contributed by atoms with E-state index >= 15 is 0 Å². The first-order valence-corrected chi connectivity index (χ1v) is 7.61. The number of nitrogens with zero attached hydrogens (tertiary/aromatic N) is 1. The molecular formula is C15H19NO3S. The van der Waals surface area contributed by atoms with Gasteiger partial charge in [-0.3, -0.25) is 4.79 Å². The largest absolute Gasteiger partial charge is 0.478 e. The lowest BCUT2D eigenvalue weighted by Crippen LogP contribution is -2.28. The van der Waals surface area contributed by atoms with Gasteiger partial charge >= 0.3 is 5.97 Å². The second kappa shape index (κ2) is 7.75. The molecule has 4 nitrogen and oxygen atoms in total. The maximum absolute atomic E-state index is 12.2. The van der Waals surface area contributed by atoms with Gasteiger partial charge in [0.15, 0.2) is 0 Å². The lowest BCUT2D eigenvalue weighted by atomic mass is 10.0. The molecule has 5 heteroatoms. The van der Waals surface area contributed by atoms with E-state index in [0.29, 0.717) is 12.1 Å². The highest BCUT2D eigenvalue weighted by Crippen LogP contribution is 2.14. The molecule has 0 saturated carbocycles. The maximum atomic E-state index is 12.2. The van der Waals surface area contributed by atoms with Gasteiger partial charge in [-0.25, -0.2) is 4.79 Å². The molecule has 0 atom stereocenters. The molecule has 0 aromatic heterocycles. The summed E-state index contributed by atoms with van der Waals surface area (Å²) in [6.45, 7) is 2.57. The third-order valence-corrected chi connectivity index (χ3v) is 3.49. The minimum absolute atomic E-state index is 0.0177. The molecule has 20 heavy (non-hydrogen) atoms. The monoisotopic (exact) mass is 293 g/mol. The van der Waals surface area contributed by atoms with Crippen molar-refractivity contribution in [1.82, 2.24) is 4.90 Å². The van der Waals surface area contributed by atoms with Crippen molar-refractivity contribution in [1.29, 1.82) is 0 Å². The summed E-state index contributed by atoms with van der Waals surface area (Å²) in [5.41, 5.74) is 2.31. The van der Waals surface area contributed by atoms with E-state index in [-0.39, 0.29) is 5.91 Å². The molecule has 0 radical (unpaired) electrons. The Morgan fingerprint density at radius 2 is 2.10 bits per heavy atom. The topological polar surface area (TPSA) is 57.6 Å². The first kappa shape index (κ1) is 16.3. The van der Waals surface area contributed by atoms with Crippen molar-refractivity contribution in [2.75, 3.05) is 25.6 Å². The number of benzene rings is 1. The van der Waals surface area contributed by atoms with Gasteiger partial charge in [-0.15, -0.1) is 0 Å². The molecule has 1 amide bonds. The molecule has 0 bridgehead atoms. The summed E-state index contributed by atoms with van der Waals surface area (Å²) in [5, 5.41) is 8.61. The Morgan fingerprint density at radius 3 is 2.65 bits per heavy atom. The molecule has 1 rings (SSSR count). The van der Waals surface area contributed by atoms with Crippen LogP contribution in [0, 0.1) is 6.92 Å². The second-order valence-corrected chi connectivity index (χ2v) is 5.45. The smallest absolute Gasteiger partial charge is 0.328 e. The van der Waals surface area contributed by atoms with Crippen molar-refractivity contribution in [2.24, 2.45) is 0 Å². The summed E-state index contributed by atoms with van der Waals surface area (Å²) in [6, 6.07) is 5.29. The summed E-state index contributed by atoms with van der Waals surface area (Å²) in [5.74, 6) is -0.0991. The van der Waals surface area contributed by atoms with Gasteiger partial charge in [0, 0.05) is 31.0 Å². The fourth-order valence-electron chi connectivity index (χ4n) is 1.71. The molecule has 1 aromatic carbocycles. The van der Waals surface area contributed by atoms with Crippen LogP contribution in [0.3, 0.4) is 0 Å². The number of aryl methyl sites for hydroxylation is 1. The summed E-state index contributed by atoms with van der Waals surface area (Å²) >= 11 is 1.70. The van der Waals surface area contributed by atoms with Crippen molar-refractivity contribution in [3.05, 3.63) is 41.0 Å². The van der Waals surface area contributed by atoms with E-state index in [1.54, 1.807) is 41.9 Å². The van der Waals surface area contributed by atoms with Gasteiger partial charge in [0.1, 0.15) is 0 Å². The third-order valence-electron chi connectivity index (χ3n) is 2.90. The Bertz CT molecular complexity index is 526. The van der Waals surface area contributed by atoms with Crippen LogP contribution < -0.4 is 0 Å². The molecule has 0 saturated heterocycles. The minimum atomic E-state index is -0.985. The molecule has 0 aliphatic heterocycles. The number of hydrogen-bond acceptors (Lipinski definition) is 3. The normalized spacial score (nSPS) is 10.8. The highest BCUT2D eigenvalue weighted by atomic mass is 32.2. The van der Waals surface area contributed by atoms with Crippen molar-refractivity contribution in [3.63, 3.8) is 0 Å². The number of amides is 1. The fourth-order valence-corrected chi connectivity index (χ4v) is 2.16. The van der Waals surface area contributed by atoms with Crippen molar-refractivity contribution in [3.8, 4) is 0 Å². The average Bonchev–Trinajstić information content (AvgIpc) is 2.42. The van der Waals surface area contributed by atoms with Crippen LogP contribution in [0.25, 0.3) is 6.08 Å². The summed E-state index contributed by atoms with van der Waals surface area (Å²) < 4.78 is 0. The van der Waals surface area contributed by atoms with Crippen LogP contribution in [0.2, 0.25) is 0 Å². The number of rotatable bonds is 6. The fraction of sp³-hybridized carbons (Fsp3) is 0.333. The molecule has 0 spiro atoms. The van der Waals surface area contributed by atoms with Gasteiger partial charge in [0.25, 0.3) is 5.91 Å². The van der Waals surface area contributed by atoms with Crippen LogP contribution in [0.4, 0.5) is 0 Å². The van der Waals surface area contributed by atoms with E-state index in [4.69, 9.17) is 5.11 Å². The number of carboxylic acid groups (broad SMARTS) is 1. The van der Waals surface area contributed by atoms with Crippen LogP contribution in [0.5, 0.6) is 0 Å². The van der Waals surface area contributed by atoms with Gasteiger partial charge in [0.05, 0.1) is 0 Å². The highest BCUT2D eigenvalue weighted by Gasteiger charge is 2.11. The summed E-state index contributed by atoms with van der Waals surface area (Å²) in [7, 11) is 1.78. The quantitative estimate of drug-likeness (QED) is 0.819. The van der Waals surface area contributed by atoms with Gasteiger partial charge in [0.2, 0.25) is 0 Å². The highest BCUT2D eigenvalue weighted by molar-refractivity contribution is 7.98. The SMILES string of the molecule is CSCCN(C)C(=O)c1ccc(/C=C/C(=O)O)c(C)c1. The van der Waals surface area contributed by atoms with Crippen molar-refractivity contribution < 1.29 is 14.7 Å². The number of carboxylic acids is 1. The van der Waals surface area contributed by atoms with Crippen molar-refractivity contribution in [2.45, 2.75) is 6.92 Å². The van der Waals surface area contributed by atoms with Crippen LogP contribution in [0.1, 0.15) is 21.5 Å². The van der Waals surface area contributed by atoms with Gasteiger partial charge in [-0.2, -0.15) is 11.8 Å². The zero-order valence-electron chi connectivity index (χ0n) is 11.9. The predicted molar refractivity (Wildman–Crippen MR) is 83.2 cm³/mol. The second-order valence-electron chi connectivity index (χ2n) is 4.46. The predicted octanol–water partition coefficient (Wildman–Crippen LogP) is 2.53. The number of thioether (sulfide) groups is 1. The lowest BCUT2D eigenvalue weighted by Gasteiger charge is -2.17. The minimum Gasteiger partial charge on any atom is -0.478 e. The molecule has 0 aliphatic rings. The van der Waals surface area contributed by atoms with Crippen LogP contribution in [-0.4, -0.2) is 47.5 Å². The molecular weight excluding hydrogens is 274 g/mol. The Hall–Kier alpha value is -1.75. The van der Waals surface area contributed by atoms with Gasteiger partial charge in [-0.1, -0.05) is 6.07 Å². The van der Waals surface area contributed by atoms with Crippen LogP contribution >= 0.6 is 11.8 Å². The van der Waals surface area contributed by atoms with Crippen molar-refractivity contribution >= 4 is 29.7 Å². The van der Waals surface area contributed by atoms with E-state index in [9.17, 15) is 9.59 Å². The van der Waals surface area contributed by atoms with E-state index in [1.165, 1.54) is 6.08 Å². The number of hydrogen-bond donors (Lipinski definition) is 1. The molecule has 1 aromatic rings. The van der Waals surface area contributed by atoms with Gasteiger partial charge < -0.3 is 10.0 Å². The van der Waals surface area contributed by atoms with Crippen LogP contribution in [-0.2, 0) is 4.79 Å². The third kappa shape index (κ3) is 4.74. The Balaban J connectivity index is 2.86. The molecule has 108 valence electrons. The molecule has 0 heterocycles. The zero-order chi connectivity index (χ0) is 15.1. The first-order valence-electron chi connectivity index (χ1n) is 6.21. The molecule has 0 unspecified atom stereocenters. The average molecular weight is 293 g/mol. The Kier molecular flexibility index (Phi) is 6.31. The van der Waals surface area contributed by atoms with Crippen LogP contribution in [0.15, 0.2) is 24.3 Å². The Morgan fingerprint density at radius 1 is 1.40 bits per heavy atom.